The summed E-state index contributed by atoms with van der Waals surface area (Å²) in [7, 11) is 0. The van der Waals surface area contributed by atoms with Crippen LogP contribution in [0.1, 0.15) is 53.4 Å². The molecule has 94 valence electrons. The van der Waals surface area contributed by atoms with Crippen LogP contribution in [0.15, 0.2) is 0 Å². The van der Waals surface area contributed by atoms with E-state index >= 15 is 0 Å². The van der Waals surface area contributed by atoms with Crippen LogP contribution in [0.25, 0.3) is 0 Å². The van der Waals surface area contributed by atoms with Crippen LogP contribution in [0.4, 0.5) is 0 Å². The van der Waals surface area contributed by atoms with Crippen LogP contribution in [-0.4, -0.2) is 18.1 Å². The van der Waals surface area contributed by atoms with E-state index in [9.17, 15) is 4.79 Å². The van der Waals surface area contributed by atoms with Crippen LogP contribution < -0.4 is 5.73 Å². The predicted octanol–water partition coefficient (Wildman–Crippen LogP) is 2.48. The van der Waals surface area contributed by atoms with Gasteiger partial charge in [0.2, 0.25) is 0 Å². The van der Waals surface area contributed by atoms with Gasteiger partial charge in [-0.3, -0.25) is 4.79 Å². The predicted molar refractivity (Wildman–Crippen MR) is 64.9 cm³/mol. The second-order valence-corrected chi connectivity index (χ2v) is 6.17. The lowest BCUT2D eigenvalue weighted by Gasteiger charge is -2.30. The molecule has 3 nitrogen and oxygen atoms in total. The van der Waals surface area contributed by atoms with E-state index in [1.54, 1.807) is 0 Å². The fourth-order valence-corrected chi connectivity index (χ4v) is 2.08. The maximum absolute atomic E-state index is 11.8. The molecule has 2 N–H and O–H groups in total. The SMILES string of the molecule is CC1CCCC(OC(=O)C(N)C(C)(C)C)C1. The van der Waals surface area contributed by atoms with Crippen molar-refractivity contribution in [1.82, 2.24) is 0 Å². The Morgan fingerprint density at radius 1 is 1.38 bits per heavy atom. The molecule has 0 aromatic heterocycles. The highest BCUT2D eigenvalue weighted by Crippen LogP contribution is 2.27. The summed E-state index contributed by atoms with van der Waals surface area (Å²) >= 11 is 0. The van der Waals surface area contributed by atoms with Gasteiger partial charge in [0.05, 0.1) is 0 Å². The zero-order valence-corrected chi connectivity index (χ0v) is 11.0. The van der Waals surface area contributed by atoms with Gasteiger partial charge in [-0.15, -0.1) is 0 Å². The Kier molecular flexibility index (Phi) is 4.36. The molecular weight excluding hydrogens is 202 g/mol. The van der Waals surface area contributed by atoms with Crippen molar-refractivity contribution in [3.8, 4) is 0 Å². The molecule has 0 radical (unpaired) electrons. The van der Waals surface area contributed by atoms with E-state index in [0.29, 0.717) is 5.92 Å². The lowest BCUT2D eigenvalue weighted by molar-refractivity contribution is -0.155. The lowest BCUT2D eigenvalue weighted by Crippen LogP contribution is -2.45. The van der Waals surface area contributed by atoms with E-state index in [4.69, 9.17) is 10.5 Å². The summed E-state index contributed by atoms with van der Waals surface area (Å²) in [4.78, 5) is 11.8. The molecule has 3 heteroatoms. The number of nitrogens with two attached hydrogens (primary N) is 1. The minimum Gasteiger partial charge on any atom is -0.461 e. The zero-order valence-electron chi connectivity index (χ0n) is 11.0. The van der Waals surface area contributed by atoms with Crippen LogP contribution in [0.3, 0.4) is 0 Å². The summed E-state index contributed by atoms with van der Waals surface area (Å²) in [6.07, 6.45) is 4.48. The third-order valence-corrected chi connectivity index (χ3v) is 3.36. The average molecular weight is 227 g/mol. The highest BCUT2D eigenvalue weighted by atomic mass is 16.5. The van der Waals surface area contributed by atoms with Crippen molar-refractivity contribution in [2.45, 2.75) is 65.5 Å². The fraction of sp³-hybridized carbons (Fsp3) is 0.923. The first kappa shape index (κ1) is 13.5. The molecule has 0 spiro atoms. The summed E-state index contributed by atoms with van der Waals surface area (Å²) in [6, 6.07) is -0.523. The van der Waals surface area contributed by atoms with E-state index in [-0.39, 0.29) is 17.5 Å². The summed E-state index contributed by atoms with van der Waals surface area (Å²) in [6.45, 7) is 8.09. The Morgan fingerprint density at radius 3 is 2.50 bits per heavy atom. The summed E-state index contributed by atoms with van der Waals surface area (Å²) < 4.78 is 5.49. The first-order chi connectivity index (χ1) is 7.30. The van der Waals surface area contributed by atoms with Gasteiger partial charge in [-0.2, -0.15) is 0 Å². The number of carbonyl (C=O) groups is 1. The van der Waals surface area contributed by atoms with Gasteiger partial charge in [-0.1, -0.05) is 34.1 Å². The monoisotopic (exact) mass is 227 g/mol. The number of esters is 1. The number of ether oxygens (including phenoxy) is 1. The normalized spacial score (nSPS) is 28.6. The van der Waals surface area contributed by atoms with E-state index in [1.807, 2.05) is 20.8 Å². The zero-order chi connectivity index (χ0) is 12.3. The molecule has 0 aliphatic heterocycles. The summed E-state index contributed by atoms with van der Waals surface area (Å²) in [5, 5.41) is 0. The van der Waals surface area contributed by atoms with E-state index in [2.05, 4.69) is 6.92 Å². The van der Waals surface area contributed by atoms with Crippen LogP contribution in [-0.2, 0) is 9.53 Å². The van der Waals surface area contributed by atoms with Gasteiger partial charge in [0.25, 0.3) is 0 Å². The first-order valence-corrected chi connectivity index (χ1v) is 6.26. The molecule has 3 unspecified atom stereocenters. The van der Waals surface area contributed by atoms with Crippen molar-refractivity contribution in [3.63, 3.8) is 0 Å². The van der Waals surface area contributed by atoms with Crippen molar-refractivity contribution in [2.75, 3.05) is 0 Å². The topological polar surface area (TPSA) is 52.3 Å². The fourth-order valence-electron chi connectivity index (χ4n) is 2.08. The molecule has 0 aromatic carbocycles. The molecule has 0 saturated heterocycles. The molecule has 0 heterocycles. The minimum absolute atomic E-state index is 0.0876. The van der Waals surface area contributed by atoms with Crippen molar-refractivity contribution < 1.29 is 9.53 Å². The van der Waals surface area contributed by atoms with Crippen molar-refractivity contribution in [3.05, 3.63) is 0 Å². The smallest absolute Gasteiger partial charge is 0.323 e. The first-order valence-electron chi connectivity index (χ1n) is 6.26. The van der Waals surface area contributed by atoms with E-state index in [0.717, 1.165) is 19.3 Å². The molecule has 3 atom stereocenters. The van der Waals surface area contributed by atoms with Gasteiger partial charge in [0.15, 0.2) is 0 Å². The van der Waals surface area contributed by atoms with Gasteiger partial charge < -0.3 is 10.5 Å². The molecule has 0 bridgehead atoms. The van der Waals surface area contributed by atoms with Crippen LogP contribution in [0.2, 0.25) is 0 Å². The highest BCUT2D eigenvalue weighted by Gasteiger charge is 2.31. The van der Waals surface area contributed by atoms with Gasteiger partial charge in [-0.05, 0) is 30.6 Å². The molecule has 1 aliphatic carbocycles. The second-order valence-electron chi connectivity index (χ2n) is 6.17. The van der Waals surface area contributed by atoms with Crippen LogP contribution >= 0.6 is 0 Å². The third kappa shape index (κ3) is 3.78. The standard InChI is InChI=1S/C13H25NO2/c1-9-6-5-7-10(8-9)16-12(15)11(14)13(2,3)4/h9-11H,5-8,14H2,1-4H3. The summed E-state index contributed by atoms with van der Waals surface area (Å²) in [5.74, 6) is 0.420. The molecular formula is C13H25NO2. The minimum atomic E-state index is -0.523. The maximum atomic E-state index is 11.8. The Morgan fingerprint density at radius 2 is 2.00 bits per heavy atom. The quantitative estimate of drug-likeness (QED) is 0.737. The van der Waals surface area contributed by atoms with E-state index < -0.39 is 6.04 Å². The third-order valence-electron chi connectivity index (χ3n) is 3.36. The molecule has 1 rings (SSSR count). The van der Waals surface area contributed by atoms with Crippen molar-refractivity contribution in [1.29, 1.82) is 0 Å². The molecule has 1 saturated carbocycles. The van der Waals surface area contributed by atoms with Crippen molar-refractivity contribution >= 4 is 5.97 Å². The van der Waals surface area contributed by atoms with Gasteiger partial charge in [-0.25, -0.2) is 0 Å². The molecule has 0 aromatic rings. The van der Waals surface area contributed by atoms with Gasteiger partial charge in [0.1, 0.15) is 12.1 Å². The molecule has 1 fully saturated rings. The van der Waals surface area contributed by atoms with E-state index in [1.165, 1.54) is 6.42 Å². The summed E-state index contributed by atoms with van der Waals surface area (Å²) in [5.41, 5.74) is 5.65. The van der Waals surface area contributed by atoms with Crippen LogP contribution in [0, 0.1) is 11.3 Å². The Balaban J connectivity index is 2.45. The molecule has 1 aliphatic rings. The van der Waals surface area contributed by atoms with Crippen LogP contribution in [0.5, 0.6) is 0 Å². The van der Waals surface area contributed by atoms with Gasteiger partial charge in [0, 0.05) is 0 Å². The average Bonchev–Trinajstić information content (AvgIpc) is 2.15. The van der Waals surface area contributed by atoms with Gasteiger partial charge >= 0.3 is 5.97 Å². The number of hydrogen-bond acceptors (Lipinski definition) is 3. The molecule has 16 heavy (non-hydrogen) atoms. The second kappa shape index (κ2) is 5.17. The highest BCUT2D eigenvalue weighted by molar-refractivity contribution is 5.76. The Labute approximate surface area is 98.7 Å². The Hall–Kier alpha value is -0.570. The number of rotatable bonds is 2. The Bertz CT molecular complexity index is 245. The largest absolute Gasteiger partial charge is 0.461 e. The lowest BCUT2D eigenvalue weighted by atomic mass is 9.86. The molecule has 0 amide bonds. The number of carbonyl (C=O) groups excluding carboxylic acids is 1. The number of hydrogen-bond donors (Lipinski definition) is 1. The van der Waals surface area contributed by atoms with Crippen molar-refractivity contribution in [2.24, 2.45) is 17.1 Å². The maximum Gasteiger partial charge on any atom is 0.323 e.